The van der Waals surface area contributed by atoms with Gasteiger partial charge >= 0.3 is 25.2 Å². The highest BCUT2D eigenvalue weighted by Crippen LogP contribution is 2.27. The molecule has 2 rings (SSSR count). The topological polar surface area (TPSA) is 68.7 Å². The summed E-state index contributed by atoms with van der Waals surface area (Å²) in [5, 5.41) is 0. The quantitative estimate of drug-likeness (QED) is 0.570. The summed E-state index contributed by atoms with van der Waals surface area (Å²) in [6.45, 7) is -0.391. The van der Waals surface area contributed by atoms with Gasteiger partial charge in [-0.15, -0.1) is 0 Å². The molecule has 1 saturated heterocycles. The maximum Gasteiger partial charge on any atom is 0.508 e. The molecule has 1 aliphatic rings. The minimum atomic E-state index is -4.50. The van der Waals surface area contributed by atoms with Crippen molar-refractivity contribution in [1.82, 2.24) is 9.79 Å². The molecule has 0 aliphatic carbocycles. The van der Waals surface area contributed by atoms with Crippen LogP contribution in [0.5, 0.6) is 0 Å². The van der Waals surface area contributed by atoms with Crippen LogP contribution in [0.25, 0.3) is 0 Å². The number of alkyl halides is 3. The Bertz CT molecular complexity index is 549. The molecule has 1 aliphatic heterocycles. The molecule has 21 heavy (non-hydrogen) atoms. The van der Waals surface area contributed by atoms with Crippen molar-refractivity contribution in [2.45, 2.75) is 6.18 Å². The first-order chi connectivity index (χ1) is 9.81. The number of halogens is 3. The van der Waals surface area contributed by atoms with Gasteiger partial charge in [0.05, 0.1) is 31.4 Å². The van der Waals surface area contributed by atoms with E-state index in [9.17, 15) is 22.8 Å². The Morgan fingerprint density at radius 1 is 1.52 bits per heavy atom. The number of ether oxygens (including phenoxy) is 1. The molecule has 112 valence electrons. The van der Waals surface area contributed by atoms with Crippen molar-refractivity contribution in [1.29, 1.82) is 0 Å². The molecule has 10 heteroatoms. The van der Waals surface area contributed by atoms with Gasteiger partial charge in [-0.1, -0.05) is 0 Å². The Morgan fingerprint density at radius 2 is 2.24 bits per heavy atom. The van der Waals surface area contributed by atoms with Gasteiger partial charge in [-0.25, -0.2) is 0 Å². The van der Waals surface area contributed by atoms with Crippen molar-refractivity contribution in [2.75, 3.05) is 20.2 Å². The van der Waals surface area contributed by atoms with E-state index in [1.165, 1.54) is 11.9 Å². The highest BCUT2D eigenvalue weighted by molar-refractivity contribution is 6.67. The minimum absolute atomic E-state index is 0.109. The molecule has 0 N–H and O–H groups in total. The SMILES string of the molecule is COC(=O)CN1CC(=O)OB1c1ccc(C(F)(F)F)cn1. The van der Waals surface area contributed by atoms with Crippen molar-refractivity contribution in [3.05, 3.63) is 23.9 Å². The van der Waals surface area contributed by atoms with E-state index in [1.807, 2.05) is 0 Å². The predicted molar refractivity (Wildman–Crippen MR) is 64.3 cm³/mol. The van der Waals surface area contributed by atoms with Crippen molar-refractivity contribution < 1.29 is 32.2 Å². The molecular formula is C11H10BF3N2O4. The highest BCUT2D eigenvalue weighted by Gasteiger charge is 2.42. The van der Waals surface area contributed by atoms with E-state index in [0.29, 0.717) is 6.20 Å². The summed E-state index contributed by atoms with van der Waals surface area (Å²) in [6.07, 6.45) is -3.85. The molecule has 0 radical (unpaired) electrons. The largest absolute Gasteiger partial charge is 0.514 e. The number of carbonyl (C=O) groups excluding carboxylic acids is 2. The zero-order valence-corrected chi connectivity index (χ0v) is 10.9. The van der Waals surface area contributed by atoms with Gasteiger partial charge in [0.2, 0.25) is 0 Å². The molecule has 0 unspecified atom stereocenters. The predicted octanol–water partition coefficient (Wildman–Crippen LogP) is -0.173. The third-order valence-corrected chi connectivity index (χ3v) is 2.83. The number of carbonyl (C=O) groups is 2. The average Bonchev–Trinajstić information content (AvgIpc) is 2.78. The van der Waals surface area contributed by atoms with Gasteiger partial charge in [0, 0.05) is 6.20 Å². The number of pyridine rings is 1. The smallest absolute Gasteiger partial charge is 0.508 e. The van der Waals surface area contributed by atoms with Gasteiger partial charge in [-0.2, -0.15) is 13.2 Å². The van der Waals surface area contributed by atoms with Gasteiger partial charge < -0.3 is 9.39 Å². The Balaban J connectivity index is 2.18. The van der Waals surface area contributed by atoms with Gasteiger partial charge in [0.1, 0.15) is 0 Å². The third-order valence-electron chi connectivity index (χ3n) is 2.83. The number of hydrogen-bond acceptors (Lipinski definition) is 6. The second-order valence-electron chi connectivity index (χ2n) is 4.29. The maximum absolute atomic E-state index is 12.5. The lowest BCUT2D eigenvalue weighted by atomic mass is 9.76. The number of aromatic nitrogens is 1. The van der Waals surface area contributed by atoms with Crippen LogP contribution in [0.15, 0.2) is 18.3 Å². The van der Waals surface area contributed by atoms with E-state index in [0.717, 1.165) is 12.1 Å². The molecular weight excluding hydrogens is 292 g/mol. The summed E-state index contributed by atoms with van der Waals surface area (Å²) < 4.78 is 46.8. The molecule has 0 spiro atoms. The third kappa shape index (κ3) is 3.51. The van der Waals surface area contributed by atoms with Crippen molar-refractivity contribution in [3.63, 3.8) is 0 Å². The first-order valence-electron chi connectivity index (χ1n) is 5.84. The molecule has 0 aromatic carbocycles. The zero-order chi connectivity index (χ0) is 15.6. The zero-order valence-electron chi connectivity index (χ0n) is 10.9. The van der Waals surface area contributed by atoms with Crippen LogP contribution in [-0.2, 0) is 25.2 Å². The van der Waals surface area contributed by atoms with E-state index in [2.05, 4.69) is 9.72 Å². The standard InChI is InChI=1S/C11H10BF3N2O4/c1-20-9(18)5-17-6-10(19)21-12(17)8-3-2-7(4-16-8)11(13,14)15/h2-4H,5-6H2,1H3. The van der Waals surface area contributed by atoms with E-state index in [4.69, 9.17) is 4.65 Å². The lowest BCUT2D eigenvalue weighted by Crippen LogP contribution is -2.48. The van der Waals surface area contributed by atoms with Crippen LogP contribution in [-0.4, -0.2) is 49.0 Å². The van der Waals surface area contributed by atoms with Gasteiger partial charge in [0.15, 0.2) is 0 Å². The fourth-order valence-electron chi connectivity index (χ4n) is 1.82. The normalized spacial score (nSPS) is 16.0. The number of hydrogen-bond donors (Lipinski definition) is 0. The van der Waals surface area contributed by atoms with Crippen molar-refractivity contribution in [2.24, 2.45) is 0 Å². The fraction of sp³-hybridized carbons (Fsp3) is 0.364. The molecule has 0 amide bonds. The molecule has 0 atom stereocenters. The Morgan fingerprint density at radius 3 is 2.76 bits per heavy atom. The molecule has 2 heterocycles. The first-order valence-corrected chi connectivity index (χ1v) is 5.84. The van der Waals surface area contributed by atoms with Gasteiger partial charge in [-0.05, 0) is 12.1 Å². The van der Waals surface area contributed by atoms with Crippen molar-refractivity contribution >= 4 is 24.6 Å². The second-order valence-corrected chi connectivity index (χ2v) is 4.29. The van der Waals surface area contributed by atoms with Gasteiger partial charge in [0.25, 0.3) is 0 Å². The average molecular weight is 302 g/mol. The van der Waals surface area contributed by atoms with E-state index in [1.54, 1.807) is 0 Å². The summed E-state index contributed by atoms with van der Waals surface area (Å²) in [6, 6.07) is 1.95. The summed E-state index contributed by atoms with van der Waals surface area (Å²) in [4.78, 5) is 27.5. The van der Waals surface area contributed by atoms with E-state index < -0.39 is 30.7 Å². The number of esters is 1. The summed E-state index contributed by atoms with van der Waals surface area (Å²) in [5.41, 5.74) is -0.798. The lowest BCUT2D eigenvalue weighted by molar-refractivity contribution is -0.141. The molecule has 1 fully saturated rings. The summed E-state index contributed by atoms with van der Waals surface area (Å²) in [5.74, 6) is -1.18. The van der Waals surface area contributed by atoms with Gasteiger partial charge in [-0.3, -0.25) is 19.4 Å². The monoisotopic (exact) mass is 302 g/mol. The molecule has 6 nitrogen and oxygen atoms in total. The van der Waals surface area contributed by atoms with Crippen LogP contribution in [0.4, 0.5) is 13.2 Å². The number of nitrogens with zero attached hydrogens (tertiary/aromatic N) is 2. The Kier molecular flexibility index (Phi) is 4.17. The molecule has 1 aromatic rings. The number of rotatable bonds is 3. The van der Waals surface area contributed by atoms with E-state index >= 15 is 0 Å². The lowest BCUT2D eigenvalue weighted by Gasteiger charge is -2.16. The van der Waals surface area contributed by atoms with Crippen LogP contribution in [0.3, 0.4) is 0 Å². The molecule has 1 aromatic heterocycles. The summed E-state index contributed by atoms with van der Waals surface area (Å²) in [7, 11) is 0.186. The number of methoxy groups -OCH3 is 1. The van der Waals surface area contributed by atoms with E-state index in [-0.39, 0.29) is 18.7 Å². The Labute approximate surface area is 118 Å². The fourth-order valence-corrected chi connectivity index (χ4v) is 1.82. The molecule has 0 bridgehead atoms. The Hall–Kier alpha value is -2.10. The maximum atomic E-state index is 12.5. The highest BCUT2D eigenvalue weighted by atomic mass is 19.4. The minimum Gasteiger partial charge on any atom is -0.514 e. The van der Waals surface area contributed by atoms with Crippen LogP contribution in [0, 0.1) is 0 Å². The van der Waals surface area contributed by atoms with Crippen LogP contribution >= 0.6 is 0 Å². The van der Waals surface area contributed by atoms with Crippen molar-refractivity contribution in [3.8, 4) is 0 Å². The summed E-state index contributed by atoms with van der Waals surface area (Å²) >= 11 is 0. The molecule has 0 saturated carbocycles. The first kappa shape index (κ1) is 15.3. The second kappa shape index (κ2) is 5.72. The van der Waals surface area contributed by atoms with Crippen LogP contribution in [0.1, 0.15) is 5.56 Å². The van der Waals surface area contributed by atoms with Crippen LogP contribution in [0.2, 0.25) is 0 Å². The van der Waals surface area contributed by atoms with Crippen LogP contribution < -0.4 is 5.59 Å².